The summed E-state index contributed by atoms with van der Waals surface area (Å²) in [7, 11) is -2.05. The summed E-state index contributed by atoms with van der Waals surface area (Å²) >= 11 is 0. The first-order valence-corrected chi connectivity index (χ1v) is 14.3. The van der Waals surface area contributed by atoms with E-state index in [-0.39, 0.29) is 45.7 Å². The summed E-state index contributed by atoms with van der Waals surface area (Å²) in [6.45, 7) is 8.06. The molecule has 0 saturated carbocycles. The van der Waals surface area contributed by atoms with E-state index in [1.54, 1.807) is 35.8 Å². The number of primary amides is 1. The summed E-state index contributed by atoms with van der Waals surface area (Å²) < 4.78 is 32.1. The number of hydrogen-bond acceptors (Lipinski definition) is 10. The number of aromatic nitrogens is 4. The van der Waals surface area contributed by atoms with E-state index in [2.05, 4.69) is 32.3 Å². The number of sulfone groups is 1. The van der Waals surface area contributed by atoms with Crippen molar-refractivity contribution in [3.8, 4) is 5.75 Å². The standard InChI is InChI=1S/C26H32N8O5S/c1-5-22(35)33-9-7-8-18(15-33)34-14-17(12-29-34)30-26-28-13-20(24(27)36)25(32-26)31-23-16(3)10-19(11-21(23)39-4)40(37,38)6-2/h5,10-14,18H,1,6-9,15H2,2-4H3,(H2,27,36)(H2,28,30,31,32)/t18-/m1/s1. The van der Waals surface area contributed by atoms with Crippen LogP contribution in [0.25, 0.3) is 0 Å². The molecule has 1 aliphatic rings. The predicted molar refractivity (Wildman–Crippen MR) is 150 cm³/mol. The van der Waals surface area contributed by atoms with Gasteiger partial charge in [-0.25, -0.2) is 13.4 Å². The molecule has 3 aromatic rings. The summed E-state index contributed by atoms with van der Waals surface area (Å²) in [6, 6.07) is 2.96. The molecule has 212 valence electrons. The largest absolute Gasteiger partial charge is 0.495 e. The van der Waals surface area contributed by atoms with Gasteiger partial charge in [0.2, 0.25) is 11.9 Å². The molecule has 3 heterocycles. The Labute approximate surface area is 232 Å². The number of methoxy groups -OCH3 is 1. The van der Waals surface area contributed by atoms with Gasteiger partial charge in [0.1, 0.15) is 17.1 Å². The van der Waals surface area contributed by atoms with Gasteiger partial charge in [-0.2, -0.15) is 10.1 Å². The van der Waals surface area contributed by atoms with Crippen molar-refractivity contribution in [1.82, 2.24) is 24.6 Å². The van der Waals surface area contributed by atoms with Crippen molar-refractivity contribution in [1.29, 1.82) is 0 Å². The molecule has 2 aromatic heterocycles. The highest BCUT2D eigenvalue weighted by Crippen LogP contribution is 2.35. The Balaban J connectivity index is 1.60. The Hall–Kier alpha value is -4.46. The number of likely N-dealkylation sites (tertiary alicyclic amines) is 1. The van der Waals surface area contributed by atoms with Crippen LogP contribution in [0.5, 0.6) is 5.75 Å². The Bertz CT molecular complexity index is 1550. The van der Waals surface area contributed by atoms with Gasteiger partial charge in [0.25, 0.3) is 5.91 Å². The van der Waals surface area contributed by atoms with E-state index in [0.29, 0.717) is 30.0 Å². The van der Waals surface area contributed by atoms with Crippen LogP contribution in [-0.2, 0) is 14.6 Å². The van der Waals surface area contributed by atoms with Gasteiger partial charge >= 0.3 is 0 Å². The van der Waals surface area contributed by atoms with Crippen LogP contribution in [0.1, 0.15) is 41.7 Å². The van der Waals surface area contributed by atoms with Crippen molar-refractivity contribution in [3.63, 3.8) is 0 Å². The van der Waals surface area contributed by atoms with Gasteiger partial charge in [0, 0.05) is 31.5 Å². The molecule has 1 fully saturated rings. The second-order valence-corrected chi connectivity index (χ2v) is 11.6. The average Bonchev–Trinajstić information content (AvgIpc) is 3.42. The zero-order valence-electron chi connectivity index (χ0n) is 22.5. The maximum atomic E-state index is 12.4. The third-order valence-corrected chi connectivity index (χ3v) is 8.36. The minimum atomic E-state index is -3.47. The van der Waals surface area contributed by atoms with Crippen LogP contribution in [0, 0.1) is 6.92 Å². The van der Waals surface area contributed by atoms with Crippen molar-refractivity contribution in [3.05, 3.63) is 54.5 Å². The molecule has 0 unspecified atom stereocenters. The van der Waals surface area contributed by atoms with Gasteiger partial charge in [-0.05, 0) is 37.5 Å². The van der Waals surface area contributed by atoms with Crippen LogP contribution >= 0.6 is 0 Å². The second kappa shape index (κ2) is 11.7. The molecular weight excluding hydrogens is 536 g/mol. The average molecular weight is 569 g/mol. The maximum Gasteiger partial charge on any atom is 0.254 e. The monoisotopic (exact) mass is 568 g/mol. The molecule has 0 bridgehead atoms. The lowest BCUT2D eigenvalue weighted by Gasteiger charge is -2.32. The van der Waals surface area contributed by atoms with Crippen LogP contribution in [0.15, 0.2) is 48.3 Å². The number of aryl methyl sites for hydroxylation is 1. The Morgan fingerprint density at radius 1 is 1.27 bits per heavy atom. The van der Waals surface area contributed by atoms with Gasteiger partial charge in [0.05, 0.1) is 41.4 Å². The second-order valence-electron chi connectivity index (χ2n) is 9.28. The molecule has 1 aromatic carbocycles. The summed E-state index contributed by atoms with van der Waals surface area (Å²) in [4.78, 5) is 34.7. The molecule has 14 heteroatoms. The number of nitrogens with one attached hydrogen (secondary N) is 2. The Morgan fingerprint density at radius 2 is 2.05 bits per heavy atom. The lowest BCUT2D eigenvalue weighted by Crippen LogP contribution is -2.39. The molecule has 4 rings (SSSR count). The van der Waals surface area contributed by atoms with Gasteiger partial charge in [-0.3, -0.25) is 14.3 Å². The molecule has 1 saturated heterocycles. The molecule has 1 aliphatic heterocycles. The normalized spacial score (nSPS) is 15.4. The number of carbonyl (C=O) groups is 2. The Kier molecular flexibility index (Phi) is 8.38. The predicted octanol–water partition coefficient (Wildman–Crippen LogP) is 2.72. The number of hydrogen-bond donors (Lipinski definition) is 3. The zero-order valence-corrected chi connectivity index (χ0v) is 23.4. The SMILES string of the molecule is C=CC(=O)N1CCC[C@@H](n2cc(Nc3ncc(C(N)=O)c(Nc4c(C)cc(S(=O)(=O)CC)cc4OC)n3)cn2)C1. The van der Waals surface area contributed by atoms with Crippen LogP contribution in [-0.4, -0.2) is 70.8 Å². The van der Waals surface area contributed by atoms with E-state index in [1.165, 1.54) is 31.5 Å². The van der Waals surface area contributed by atoms with Crippen molar-refractivity contribution >= 4 is 44.8 Å². The topological polar surface area (TPSA) is 174 Å². The number of piperidine rings is 1. The highest BCUT2D eigenvalue weighted by atomic mass is 32.2. The summed E-state index contributed by atoms with van der Waals surface area (Å²) in [6.07, 6.45) is 7.75. The Morgan fingerprint density at radius 3 is 2.73 bits per heavy atom. The van der Waals surface area contributed by atoms with Gasteiger partial charge in [-0.15, -0.1) is 0 Å². The first-order chi connectivity index (χ1) is 19.1. The fourth-order valence-corrected chi connectivity index (χ4v) is 5.43. The third-order valence-electron chi connectivity index (χ3n) is 6.64. The highest BCUT2D eigenvalue weighted by molar-refractivity contribution is 7.91. The van der Waals surface area contributed by atoms with E-state index in [0.717, 1.165) is 12.8 Å². The quantitative estimate of drug-likeness (QED) is 0.308. The fraction of sp³-hybridized carbons (Fsp3) is 0.346. The summed E-state index contributed by atoms with van der Waals surface area (Å²) in [5.41, 5.74) is 7.19. The molecule has 2 amide bonds. The highest BCUT2D eigenvalue weighted by Gasteiger charge is 2.24. The lowest BCUT2D eigenvalue weighted by molar-refractivity contribution is -0.127. The van der Waals surface area contributed by atoms with Crippen LogP contribution in [0.3, 0.4) is 0 Å². The van der Waals surface area contributed by atoms with E-state index >= 15 is 0 Å². The summed E-state index contributed by atoms with van der Waals surface area (Å²) in [5.74, 6) is -0.381. The molecule has 0 aliphatic carbocycles. The third kappa shape index (κ3) is 6.06. The van der Waals surface area contributed by atoms with Gasteiger partial charge in [0.15, 0.2) is 9.84 Å². The number of nitrogens with two attached hydrogens (primary N) is 1. The fourth-order valence-electron chi connectivity index (χ4n) is 4.46. The number of anilines is 4. The lowest BCUT2D eigenvalue weighted by atomic mass is 10.1. The smallest absolute Gasteiger partial charge is 0.254 e. The molecule has 4 N–H and O–H groups in total. The van der Waals surface area contributed by atoms with Crippen LogP contribution < -0.4 is 21.1 Å². The van der Waals surface area contributed by atoms with Crippen molar-refractivity contribution in [2.24, 2.45) is 5.73 Å². The molecular formula is C26H32N8O5S. The molecule has 40 heavy (non-hydrogen) atoms. The van der Waals surface area contributed by atoms with Crippen LogP contribution in [0.2, 0.25) is 0 Å². The molecule has 0 spiro atoms. The first kappa shape index (κ1) is 28.5. The van der Waals surface area contributed by atoms with Crippen molar-refractivity contribution in [2.75, 3.05) is 36.6 Å². The van der Waals surface area contributed by atoms with E-state index in [9.17, 15) is 18.0 Å². The molecule has 13 nitrogen and oxygen atoms in total. The van der Waals surface area contributed by atoms with E-state index in [1.807, 2.05) is 0 Å². The minimum absolute atomic E-state index is 0.0125. The maximum absolute atomic E-state index is 12.4. The number of ether oxygens (including phenoxy) is 1. The van der Waals surface area contributed by atoms with Crippen LogP contribution in [0.4, 0.5) is 23.1 Å². The zero-order chi connectivity index (χ0) is 29.0. The van der Waals surface area contributed by atoms with Gasteiger partial charge < -0.3 is 26.0 Å². The molecule has 0 radical (unpaired) electrons. The van der Waals surface area contributed by atoms with Crippen molar-refractivity contribution < 1.29 is 22.7 Å². The minimum Gasteiger partial charge on any atom is -0.495 e. The summed E-state index contributed by atoms with van der Waals surface area (Å²) in [5, 5.41) is 10.6. The van der Waals surface area contributed by atoms with Gasteiger partial charge in [-0.1, -0.05) is 13.5 Å². The number of carbonyl (C=O) groups excluding carboxylic acids is 2. The van der Waals surface area contributed by atoms with E-state index < -0.39 is 15.7 Å². The first-order valence-electron chi connectivity index (χ1n) is 12.6. The molecule has 1 atom stereocenters. The van der Waals surface area contributed by atoms with Crippen molar-refractivity contribution in [2.45, 2.75) is 37.6 Å². The van der Waals surface area contributed by atoms with E-state index in [4.69, 9.17) is 10.5 Å². The number of rotatable bonds is 10. The number of amides is 2. The number of benzene rings is 1. The number of nitrogens with zero attached hydrogens (tertiary/aromatic N) is 5.